The summed E-state index contributed by atoms with van der Waals surface area (Å²) in [5.74, 6) is -0.431. The van der Waals surface area contributed by atoms with Gasteiger partial charge >= 0.3 is 6.01 Å². The molecule has 43 heavy (non-hydrogen) atoms. The third-order valence-corrected chi connectivity index (χ3v) is 8.24. The number of phenolic OH excluding ortho intramolecular Hbond substituents is 1. The van der Waals surface area contributed by atoms with Gasteiger partial charge in [0.1, 0.15) is 27.5 Å². The minimum Gasteiger partial charge on any atom is -0.505 e. The zero-order valence-electron chi connectivity index (χ0n) is 20.9. The van der Waals surface area contributed by atoms with Gasteiger partial charge in [0.25, 0.3) is 20.2 Å². The van der Waals surface area contributed by atoms with Crippen LogP contribution in [0.15, 0.2) is 85.8 Å². The van der Waals surface area contributed by atoms with Gasteiger partial charge in [0.2, 0.25) is 5.95 Å². The van der Waals surface area contributed by atoms with E-state index in [0.29, 0.717) is 23.1 Å². The minimum absolute atomic E-state index is 0.0145. The Bertz CT molecular complexity index is 2150. The lowest BCUT2D eigenvalue weighted by Crippen LogP contribution is -2.03. The van der Waals surface area contributed by atoms with E-state index in [1.807, 2.05) is 0 Å². The Morgan fingerprint density at radius 1 is 0.860 bits per heavy atom. The fourth-order valence-corrected chi connectivity index (χ4v) is 6.12. The second kappa shape index (κ2) is 11.6. The summed E-state index contributed by atoms with van der Waals surface area (Å²) in [6.07, 6.45) is 1.09. The van der Waals surface area contributed by atoms with Gasteiger partial charge in [0.05, 0.1) is 16.9 Å². The second-order valence-corrected chi connectivity index (χ2v) is 11.9. The topological polar surface area (TPSA) is 263 Å². The summed E-state index contributed by atoms with van der Waals surface area (Å²) in [7, 11) is -9.80. The predicted molar refractivity (Wildman–Crippen MR) is 149 cm³/mol. The molecule has 0 saturated carbocycles. The van der Waals surface area contributed by atoms with E-state index in [-0.39, 0.29) is 32.7 Å². The van der Waals surface area contributed by atoms with Gasteiger partial charge < -0.3 is 15.5 Å². The highest BCUT2D eigenvalue weighted by molar-refractivity contribution is 7.94. The van der Waals surface area contributed by atoms with E-state index in [1.54, 1.807) is 6.07 Å². The van der Waals surface area contributed by atoms with Gasteiger partial charge in [-0.3, -0.25) is 9.11 Å². The normalized spacial score (nSPS) is 12.3. The Balaban J connectivity index is 1.63. The molecular formula is C23H16N6O11S3. The molecule has 5 aromatic rings. The van der Waals surface area contributed by atoms with Crippen LogP contribution in [0.5, 0.6) is 11.8 Å². The monoisotopic (exact) mass is 648 g/mol. The molecule has 17 nitrogen and oxygen atoms in total. The van der Waals surface area contributed by atoms with Crippen LogP contribution in [0.25, 0.3) is 21.5 Å². The first-order chi connectivity index (χ1) is 20.4. The number of nitrogens with one attached hydrogen (secondary N) is 1. The van der Waals surface area contributed by atoms with Crippen molar-refractivity contribution in [3.05, 3.63) is 60.9 Å². The lowest BCUT2D eigenvalue weighted by molar-refractivity contribution is -0.432. The average Bonchev–Trinajstić information content (AvgIpc) is 2.93. The SMILES string of the molecule is O=S(=O)(O)c1cccc2c(S(=O)(=O)O)c(/N=N\c3c(SOOO)cc4cc(Nc5ncnc(O)n5)ccc4c3O)ccc12. The van der Waals surface area contributed by atoms with Crippen LogP contribution >= 0.6 is 12.0 Å². The fourth-order valence-electron chi connectivity index (χ4n) is 4.09. The molecule has 0 unspecified atom stereocenters. The first-order valence-corrected chi connectivity index (χ1v) is 15.0. The number of azo groups is 1. The van der Waals surface area contributed by atoms with Crippen molar-refractivity contribution in [3.63, 3.8) is 0 Å². The summed E-state index contributed by atoms with van der Waals surface area (Å²) < 4.78 is 72.4. The molecule has 1 aromatic heterocycles. The predicted octanol–water partition coefficient (Wildman–Crippen LogP) is 4.67. The zero-order valence-corrected chi connectivity index (χ0v) is 23.4. The first-order valence-electron chi connectivity index (χ1n) is 11.4. The van der Waals surface area contributed by atoms with Crippen molar-refractivity contribution in [2.24, 2.45) is 10.2 Å². The summed E-state index contributed by atoms with van der Waals surface area (Å²) in [5.41, 5.74) is -0.288. The van der Waals surface area contributed by atoms with E-state index in [1.165, 1.54) is 24.3 Å². The largest absolute Gasteiger partial charge is 0.505 e. The van der Waals surface area contributed by atoms with Crippen LogP contribution in [0, 0.1) is 0 Å². The number of anilines is 2. The molecule has 222 valence electrons. The summed E-state index contributed by atoms with van der Waals surface area (Å²) in [4.78, 5) is 9.69. The number of fused-ring (bicyclic) bond motifs is 2. The highest BCUT2D eigenvalue weighted by Crippen LogP contribution is 2.45. The van der Waals surface area contributed by atoms with E-state index in [9.17, 15) is 36.2 Å². The number of rotatable bonds is 9. The van der Waals surface area contributed by atoms with Crippen molar-refractivity contribution >= 4 is 76.8 Å². The van der Waals surface area contributed by atoms with Crippen molar-refractivity contribution in [1.82, 2.24) is 15.0 Å². The first kappa shape index (κ1) is 29.9. The molecule has 5 rings (SSSR count). The minimum atomic E-state index is -5.04. The van der Waals surface area contributed by atoms with Crippen molar-refractivity contribution in [2.45, 2.75) is 14.7 Å². The maximum absolute atomic E-state index is 12.4. The molecule has 0 spiro atoms. The second-order valence-electron chi connectivity index (χ2n) is 8.38. The lowest BCUT2D eigenvalue weighted by Gasteiger charge is -2.12. The standard InChI is InChI=1S/C23H16N6O11S3/c30-20-13-5-4-12(26-22-24-10-25-23(31)27-22)8-11(13)9-17(41-40-39-32)19(20)29-28-16-7-6-14-15(21(16)43(36,37)38)2-1-3-18(14)42(33,34)35/h1-10,30,32H,(H,33,34,35)(H,36,37,38)(H2,24,25,26,27,31)/b29-28-. The molecule has 0 amide bonds. The Morgan fingerprint density at radius 3 is 2.33 bits per heavy atom. The molecule has 0 aliphatic rings. The maximum atomic E-state index is 12.4. The van der Waals surface area contributed by atoms with E-state index in [2.05, 4.69) is 39.9 Å². The summed E-state index contributed by atoms with van der Waals surface area (Å²) in [6.45, 7) is 0. The van der Waals surface area contributed by atoms with Crippen LogP contribution in [0.2, 0.25) is 0 Å². The quantitative estimate of drug-likeness (QED) is 0.0417. The molecule has 0 bridgehead atoms. The average molecular weight is 649 g/mol. The van der Waals surface area contributed by atoms with Crippen LogP contribution in [0.1, 0.15) is 0 Å². The summed E-state index contributed by atoms with van der Waals surface area (Å²) in [5, 5.41) is 43.7. The van der Waals surface area contributed by atoms with E-state index in [4.69, 9.17) is 5.26 Å². The fraction of sp³-hybridized carbons (Fsp3) is 0. The van der Waals surface area contributed by atoms with Gasteiger partial charge in [-0.15, -0.1) is 14.6 Å². The van der Waals surface area contributed by atoms with Gasteiger partial charge in [0, 0.05) is 21.8 Å². The molecule has 20 heteroatoms. The number of aromatic nitrogens is 3. The molecule has 0 radical (unpaired) electrons. The van der Waals surface area contributed by atoms with Gasteiger partial charge in [0.15, 0.2) is 5.75 Å². The number of nitrogens with zero attached hydrogens (tertiary/aromatic N) is 5. The van der Waals surface area contributed by atoms with Crippen LogP contribution < -0.4 is 5.32 Å². The molecule has 4 aromatic carbocycles. The zero-order chi connectivity index (χ0) is 30.9. The molecule has 0 aliphatic carbocycles. The number of hydrogen-bond acceptors (Lipinski definition) is 16. The Hall–Kier alpha value is -4.54. The van der Waals surface area contributed by atoms with Crippen molar-refractivity contribution < 1.29 is 50.8 Å². The van der Waals surface area contributed by atoms with Crippen LogP contribution in [-0.4, -0.2) is 56.4 Å². The summed E-state index contributed by atoms with van der Waals surface area (Å²) >= 11 is 0.405. The van der Waals surface area contributed by atoms with Crippen LogP contribution in [0.3, 0.4) is 0 Å². The Morgan fingerprint density at radius 2 is 1.63 bits per heavy atom. The van der Waals surface area contributed by atoms with Crippen LogP contribution in [-0.2, 0) is 29.6 Å². The Labute approximate surface area is 245 Å². The third kappa shape index (κ3) is 6.30. The number of hydrogen-bond donors (Lipinski definition) is 6. The highest BCUT2D eigenvalue weighted by atomic mass is 32.2. The maximum Gasteiger partial charge on any atom is 0.318 e. The molecular weight excluding hydrogens is 632 g/mol. The number of aromatic hydroxyl groups is 2. The van der Waals surface area contributed by atoms with Crippen molar-refractivity contribution in [3.8, 4) is 11.8 Å². The third-order valence-electron chi connectivity index (χ3n) is 5.77. The number of phenols is 1. The summed E-state index contributed by atoms with van der Waals surface area (Å²) in [6, 6.07) is 11.1. The number of benzene rings is 4. The molecule has 0 saturated heterocycles. The van der Waals surface area contributed by atoms with Gasteiger partial charge in [-0.2, -0.15) is 26.8 Å². The van der Waals surface area contributed by atoms with Gasteiger partial charge in [-0.05, 0) is 41.8 Å². The smallest absolute Gasteiger partial charge is 0.318 e. The molecule has 1 heterocycles. The molecule has 6 N–H and O–H groups in total. The van der Waals surface area contributed by atoms with Gasteiger partial charge in [-0.25, -0.2) is 10.2 Å². The van der Waals surface area contributed by atoms with E-state index in [0.717, 1.165) is 30.6 Å². The highest BCUT2D eigenvalue weighted by Gasteiger charge is 2.24. The Kier molecular flexibility index (Phi) is 8.09. The van der Waals surface area contributed by atoms with Gasteiger partial charge in [-0.1, -0.05) is 23.2 Å². The van der Waals surface area contributed by atoms with E-state index >= 15 is 0 Å². The van der Waals surface area contributed by atoms with E-state index < -0.39 is 47.5 Å². The molecule has 0 atom stereocenters. The molecule has 0 aliphatic heterocycles. The van der Waals surface area contributed by atoms with Crippen molar-refractivity contribution in [1.29, 1.82) is 0 Å². The van der Waals surface area contributed by atoms with Crippen LogP contribution in [0.4, 0.5) is 23.0 Å². The lowest BCUT2D eigenvalue weighted by atomic mass is 10.1. The van der Waals surface area contributed by atoms with Crippen molar-refractivity contribution in [2.75, 3.05) is 5.32 Å². The molecule has 0 fully saturated rings.